The van der Waals surface area contributed by atoms with Crippen LogP contribution in [0, 0.1) is 0 Å². The zero-order valence-corrected chi connectivity index (χ0v) is 9.14. The molecular formula is C12H11NO4. The number of aliphatic carboxylic acids is 1. The Hall–Kier alpha value is -2.30. The Kier molecular flexibility index (Phi) is 2.82. The van der Waals surface area contributed by atoms with Crippen molar-refractivity contribution in [3.8, 4) is 0 Å². The summed E-state index contributed by atoms with van der Waals surface area (Å²) in [7, 11) is 0. The number of carbonyl (C=O) groups is 2. The number of hydrogen-bond acceptors (Lipinski definition) is 3. The predicted octanol–water partition coefficient (Wildman–Crippen LogP) is 1.69. The summed E-state index contributed by atoms with van der Waals surface area (Å²) in [5.41, 5.74) is 1.20. The number of furan rings is 1. The van der Waals surface area contributed by atoms with Crippen LogP contribution in [0.3, 0.4) is 0 Å². The van der Waals surface area contributed by atoms with E-state index in [1.54, 1.807) is 24.3 Å². The summed E-state index contributed by atoms with van der Waals surface area (Å²) in [5, 5.41) is 12.2. The first-order valence-electron chi connectivity index (χ1n) is 5.05. The van der Waals surface area contributed by atoms with Crippen molar-refractivity contribution in [2.24, 2.45) is 0 Å². The van der Waals surface area contributed by atoms with Gasteiger partial charge in [-0.15, -0.1) is 0 Å². The van der Waals surface area contributed by atoms with Crippen LogP contribution in [-0.2, 0) is 9.59 Å². The first-order valence-corrected chi connectivity index (χ1v) is 5.05. The molecule has 0 fully saturated rings. The summed E-state index contributed by atoms with van der Waals surface area (Å²) in [5.74, 6) is -1.48. The maximum Gasteiger partial charge on any atom is 0.330 e. The lowest BCUT2D eigenvalue weighted by Crippen LogP contribution is -2.31. The van der Waals surface area contributed by atoms with Gasteiger partial charge in [-0.1, -0.05) is 6.07 Å². The van der Waals surface area contributed by atoms with E-state index < -0.39 is 12.0 Å². The van der Waals surface area contributed by atoms with Crippen molar-refractivity contribution in [1.82, 2.24) is 5.32 Å². The number of carboxylic acid groups (broad SMARTS) is 1. The zero-order chi connectivity index (χ0) is 12.4. The molecule has 1 aromatic carbocycles. The number of carboxylic acids is 1. The Bertz CT molecular complexity index is 573. The normalized spacial score (nSPS) is 12.3. The number of fused-ring (bicyclic) bond motifs is 1. The Balaban J connectivity index is 2.40. The molecule has 0 bridgehead atoms. The van der Waals surface area contributed by atoms with E-state index in [0.717, 1.165) is 5.39 Å². The molecule has 5 heteroatoms. The van der Waals surface area contributed by atoms with Crippen LogP contribution < -0.4 is 5.32 Å². The molecular weight excluding hydrogens is 222 g/mol. The van der Waals surface area contributed by atoms with Crippen LogP contribution in [-0.4, -0.2) is 17.0 Å². The minimum Gasteiger partial charge on any atom is -0.479 e. The molecule has 2 aromatic rings. The molecule has 1 amide bonds. The van der Waals surface area contributed by atoms with Crippen LogP contribution in [0.4, 0.5) is 0 Å². The third-order valence-electron chi connectivity index (χ3n) is 2.40. The second-order valence-electron chi connectivity index (χ2n) is 3.69. The third-order valence-corrected chi connectivity index (χ3v) is 2.40. The standard InChI is InChI=1S/C12H11NO4/c1-7(14)13-11(12(15)16)9-2-3-10-8(6-9)4-5-17-10/h2-6,11H,1H3,(H,13,14)(H,15,16). The van der Waals surface area contributed by atoms with Gasteiger partial charge < -0.3 is 14.8 Å². The quantitative estimate of drug-likeness (QED) is 0.845. The zero-order valence-electron chi connectivity index (χ0n) is 9.14. The van der Waals surface area contributed by atoms with Gasteiger partial charge in [0.05, 0.1) is 6.26 Å². The average molecular weight is 233 g/mol. The van der Waals surface area contributed by atoms with E-state index >= 15 is 0 Å². The van der Waals surface area contributed by atoms with Crippen molar-refractivity contribution in [1.29, 1.82) is 0 Å². The smallest absolute Gasteiger partial charge is 0.330 e. The number of rotatable bonds is 3. The van der Waals surface area contributed by atoms with E-state index in [2.05, 4.69) is 5.32 Å². The van der Waals surface area contributed by atoms with Crippen LogP contribution >= 0.6 is 0 Å². The maximum absolute atomic E-state index is 11.1. The van der Waals surface area contributed by atoms with Crippen molar-refractivity contribution in [3.05, 3.63) is 36.1 Å². The minimum atomic E-state index is -1.09. The monoisotopic (exact) mass is 233 g/mol. The molecule has 88 valence electrons. The molecule has 2 N–H and O–H groups in total. The molecule has 2 rings (SSSR count). The molecule has 17 heavy (non-hydrogen) atoms. The van der Waals surface area contributed by atoms with Crippen molar-refractivity contribution in [2.75, 3.05) is 0 Å². The van der Waals surface area contributed by atoms with Gasteiger partial charge in [0.15, 0.2) is 6.04 Å². The molecule has 0 aliphatic rings. The van der Waals surface area contributed by atoms with Gasteiger partial charge in [-0.2, -0.15) is 0 Å². The minimum absolute atomic E-state index is 0.385. The number of carbonyl (C=O) groups excluding carboxylic acids is 1. The fourth-order valence-electron chi connectivity index (χ4n) is 1.66. The topological polar surface area (TPSA) is 79.5 Å². The highest BCUT2D eigenvalue weighted by Crippen LogP contribution is 2.21. The summed E-state index contributed by atoms with van der Waals surface area (Å²) in [4.78, 5) is 22.0. The van der Waals surface area contributed by atoms with Gasteiger partial charge in [-0.25, -0.2) is 4.79 Å². The molecule has 0 aliphatic heterocycles. The van der Waals surface area contributed by atoms with Gasteiger partial charge in [0, 0.05) is 12.3 Å². The first-order chi connectivity index (χ1) is 8.08. The Morgan fingerprint density at radius 3 is 2.76 bits per heavy atom. The average Bonchev–Trinajstić information content (AvgIpc) is 2.72. The second-order valence-corrected chi connectivity index (χ2v) is 3.69. The van der Waals surface area contributed by atoms with Crippen molar-refractivity contribution in [2.45, 2.75) is 13.0 Å². The van der Waals surface area contributed by atoms with Crippen molar-refractivity contribution in [3.63, 3.8) is 0 Å². The molecule has 0 saturated heterocycles. The lowest BCUT2D eigenvalue weighted by atomic mass is 10.1. The van der Waals surface area contributed by atoms with Gasteiger partial charge in [-0.05, 0) is 23.8 Å². The first kappa shape index (κ1) is 11.2. The molecule has 1 unspecified atom stereocenters. The van der Waals surface area contributed by atoms with E-state index in [1.165, 1.54) is 13.2 Å². The van der Waals surface area contributed by atoms with E-state index in [9.17, 15) is 9.59 Å². The summed E-state index contributed by atoms with van der Waals surface area (Å²) < 4.78 is 5.16. The van der Waals surface area contributed by atoms with Gasteiger partial charge in [0.1, 0.15) is 5.58 Å². The van der Waals surface area contributed by atoms with Gasteiger partial charge in [0.2, 0.25) is 5.91 Å². The molecule has 1 atom stereocenters. The molecule has 1 aromatic heterocycles. The van der Waals surface area contributed by atoms with Crippen LogP contribution in [0.1, 0.15) is 18.5 Å². The van der Waals surface area contributed by atoms with E-state index in [4.69, 9.17) is 9.52 Å². The second kappa shape index (κ2) is 4.29. The molecule has 0 saturated carbocycles. The van der Waals surface area contributed by atoms with Crippen LogP contribution in [0.5, 0.6) is 0 Å². The predicted molar refractivity (Wildman–Crippen MR) is 60.4 cm³/mol. The summed E-state index contributed by atoms with van der Waals surface area (Å²) in [6.07, 6.45) is 1.53. The largest absolute Gasteiger partial charge is 0.479 e. The Morgan fingerprint density at radius 2 is 2.12 bits per heavy atom. The highest BCUT2D eigenvalue weighted by atomic mass is 16.4. The summed E-state index contributed by atoms with van der Waals surface area (Å²) in [6, 6.07) is 5.70. The van der Waals surface area contributed by atoms with E-state index in [1.807, 2.05) is 0 Å². The number of hydrogen-bond donors (Lipinski definition) is 2. The van der Waals surface area contributed by atoms with Gasteiger partial charge >= 0.3 is 5.97 Å². The lowest BCUT2D eigenvalue weighted by molar-refractivity contribution is -0.141. The molecule has 0 aliphatic carbocycles. The third kappa shape index (κ3) is 2.28. The number of benzene rings is 1. The van der Waals surface area contributed by atoms with E-state index in [0.29, 0.717) is 11.1 Å². The molecule has 0 radical (unpaired) electrons. The Morgan fingerprint density at radius 1 is 1.35 bits per heavy atom. The highest BCUT2D eigenvalue weighted by molar-refractivity contribution is 5.85. The molecule has 5 nitrogen and oxygen atoms in total. The Labute approximate surface area is 97.0 Å². The molecule has 0 spiro atoms. The van der Waals surface area contributed by atoms with Gasteiger partial charge in [-0.3, -0.25) is 4.79 Å². The highest BCUT2D eigenvalue weighted by Gasteiger charge is 2.20. The maximum atomic E-state index is 11.1. The van der Waals surface area contributed by atoms with Gasteiger partial charge in [0.25, 0.3) is 0 Å². The van der Waals surface area contributed by atoms with Crippen LogP contribution in [0.2, 0.25) is 0 Å². The van der Waals surface area contributed by atoms with Crippen LogP contribution in [0.15, 0.2) is 34.9 Å². The SMILES string of the molecule is CC(=O)NC(C(=O)O)c1ccc2occc2c1. The molecule has 1 heterocycles. The fraction of sp³-hybridized carbons (Fsp3) is 0.167. The summed E-state index contributed by atoms with van der Waals surface area (Å²) in [6.45, 7) is 1.28. The lowest BCUT2D eigenvalue weighted by Gasteiger charge is -2.13. The van der Waals surface area contributed by atoms with E-state index in [-0.39, 0.29) is 5.91 Å². The summed E-state index contributed by atoms with van der Waals surface area (Å²) >= 11 is 0. The fourth-order valence-corrected chi connectivity index (χ4v) is 1.66. The van der Waals surface area contributed by atoms with Crippen molar-refractivity contribution >= 4 is 22.8 Å². The number of amides is 1. The van der Waals surface area contributed by atoms with Crippen LogP contribution in [0.25, 0.3) is 11.0 Å². The number of nitrogens with one attached hydrogen (secondary N) is 1. The van der Waals surface area contributed by atoms with Crippen molar-refractivity contribution < 1.29 is 19.1 Å².